The molecule has 1 aromatic rings. The number of benzene rings is 1. The van der Waals surface area contributed by atoms with Crippen molar-refractivity contribution in [3.8, 4) is 5.75 Å². The van der Waals surface area contributed by atoms with E-state index in [-0.39, 0.29) is 6.10 Å². The average molecular weight is 290 g/mol. The summed E-state index contributed by atoms with van der Waals surface area (Å²) < 4.78 is 6.13. The Bertz CT molecular complexity index is 528. The second kappa shape index (κ2) is 6.06. The van der Waals surface area contributed by atoms with Crippen molar-refractivity contribution in [3.05, 3.63) is 29.3 Å². The molecule has 116 valence electrons. The molecule has 0 bridgehead atoms. The Hall–Kier alpha value is -1.55. The van der Waals surface area contributed by atoms with Crippen molar-refractivity contribution in [2.75, 3.05) is 0 Å². The summed E-state index contributed by atoms with van der Waals surface area (Å²) in [6.07, 6.45) is 2.88. The lowest BCUT2D eigenvalue weighted by molar-refractivity contribution is -0.125. The summed E-state index contributed by atoms with van der Waals surface area (Å²) >= 11 is 0. The van der Waals surface area contributed by atoms with E-state index in [9.17, 15) is 4.79 Å². The van der Waals surface area contributed by atoms with Gasteiger partial charge in [0, 0.05) is 6.42 Å². The zero-order chi connectivity index (χ0) is 15.6. The van der Waals surface area contributed by atoms with Gasteiger partial charge < -0.3 is 16.2 Å². The van der Waals surface area contributed by atoms with E-state index in [0.717, 1.165) is 24.2 Å². The molecular weight excluding hydrogens is 264 g/mol. The summed E-state index contributed by atoms with van der Waals surface area (Å²) in [5.41, 5.74) is 13.0. The lowest BCUT2D eigenvalue weighted by Crippen LogP contribution is -2.56. The van der Waals surface area contributed by atoms with Crippen LogP contribution in [0.2, 0.25) is 0 Å². The van der Waals surface area contributed by atoms with Gasteiger partial charge in [0.15, 0.2) is 0 Å². The summed E-state index contributed by atoms with van der Waals surface area (Å²) in [7, 11) is 0. The zero-order valence-electron chi connectivity index (χ0n) is 13.2. The predicted molar refractivity (Wildman–Crippen MR) is 84.3 cm³/mol. The number of aryl methyl sites for hydroxylation is 1. The molecule has 2 atom stereocenters. The van der Waals surface area contributed by atoms with Gasteiger partial charge in [0.2, 0.25) is 5.91 Å². The van der Waals surface area contributed by atoms with Crippen LogP contribution in [0.4, 0.5) is 0 Å². The third-order valence-corrected chi connectivity index (χ3v) is 4.40. The topological polar surface area (TPSA) is 78.3 Å². The minimum atomic E-state index is -0.924. The van der Waals surface area contributed by atoms with Crippen LogP contribution in [0.5, 0.6) is 5.75 Å². The first kappa shape index (κ1) is 15.8. The first-order valence-electron chi connectivity index (χ1n) is 7.68. The molecule has 0 spiro atoms. The van der Waals surface area contributed by atoms with Crippen molar-refractivity contribution < 1.29 is 9.53 Å². The second-order valence-corrected chi connectivity index (χ2v) is 6.54. The third kappa shape index (κ3) is 3.56. The molecule has 1 fully saturated rings. The van der Waals surface area contributed by atoms with Gasteiger partial charge in [0.05, 0.1) is 5.54 Å². The number of amides is 1. The van der Waals surface area contributed by atoms with Crippen molar-refractivity contribution in [1.82, 2.24) is 0 Å². The molecule has 4 N–H and O–H groups in total. The van der Waals surface area contributed by atoms with Gasteiger partial charge in [-0.25, -0.2) is 0 Å². The van der Waals surface area contributed by atoms with E-state index in [1.54, 1.807) is 0 Å². The van der Waals surface area contributed by atoms with Gasteiger partial charge in [-0.3, -0.25) is 4.79 Å². The van der Waals surface area contributed by atoms with Crippen LogP contribution in [-0.2, 0) is 4.79 Å². The molecule has 1 aliphatic carbocycles. The Morgan fingerprint density at radius 1 is 1.43 bits per heavy atom. The number of carbonyl (C=O) groups is 1. The Balaban J connectivity index is 2.14. The van der Waals surface area contributed by atoms with E-state index >= 15 is 0 Å². The summed E-state index contributed by atoms with van der Waals surface area (Å²) in [4.78, 5) is 11.5. The maximum Gasteiger partial charge on any atom is 0.237 e. The van der Waals surface area contributed by atoms with Gasteiger partial charge in [0.1, 0.15) is 11.9 Å². The highest BCUT2D eigenvalue weighted by molar-refractivity contribution is 5.84. The van der Waals surface area contributed by atoms with Crippen LogP contribution in [0, 0.1) is 6.92 Å². The maximum atomic E-state index is 11.5. The number of rotatable bonds is 4. The van der Waals surface area contributed by atoms with Crippen LogP contribution in [0.25, 0.3) is 0 Å². The van der Waals surface area contributed by atoms with Gasteiger partial charge in [-0.1, -0.05) is 26.0 Å². The highest BCUT2D eigenvalue weighted by Gasteiger charge is 2.38. The number of ether oxygens (including phenoxy) is 1. The highest BCUT2D eigenvalue weighted by Crippen LogP contribution is 2.31. The first-order chi connectivity index (χ1) is 9.82. The van der Waals surface area contributed by atoms with Crippen LogP contribution < -0.4 is 16.2 Å². The second-order valence-electron chi connectivity index (χ2n) is 6.54. The fourth-order valence-electron chi connectivity index (χ4n) is 2.86. The highest BCUT2D eigenvalue weighted by atomic mass is 16.5. The van der Waals surface area contributed by atoms with Gasteiger partial charge in [-0.2, -0.15) is 0 Å². The van der Waals surface area contributed by atoms with Crippen molar-refractivity contribution >= 4 is 5.91 Å². The molecule has 4 nitrogen and oxygen atoms in total. The Kier molecular flexibility index (Phi) is 4.57. The molecule has 1 aliphatic rings. The number of primary amides is 1. The van der Waals surface area contributed by atoms with Crippen LogP contribution >= 0.6 is 0 Å². The molecule has 21 heavy (non-hydrogen) atoms. The number of nitrogens with two attached hydrogens (primary N) is 2. The minimum absolute atomic E-state index is 0.0441. The molecule has 4 heteroatoms. The van der Waals surface area contributed by atoms with Crippen molar-refractivity contribution in [1.29, 1.82) is 0 Å². The first-order valence-corrected chi connectivity index (χ1v) is 7.68. The van der Waals surface area contributed by atoms with Gasteiger partial charge >= 0.3 is 0 Å². The summed E-state index contributed by atoms with van der Waals surface area (Å²) in [6, 6.07) is 6.30. The molecule has 2 rings (SSSR count). The van der Waals surface area contributed by atoms with E-state index in [0.29, 0.717) is 18.8 Å². The fraction of sp³-hybridized carbons (Fsp3) is 0.588. The predicted octanol–water partition coefficient (Wildman–Crippen LogP) is 2.62. The van der Waals surface area contributed by atoms with Crippen molar-refractivity contribution in [2.24, 2.45) is 11.5 Å². The van der Waals surface area contributed by atoms with Crippen molar-refractivity contribution in [3.63, 3.8) is 0 Å². The van der Waals surface area contributed by atoms with Gasteiger partial charge in [0.25, 0.3) is 0 Å². The normalized spacial score (nSPS) is 25.9. The lowest BCUT2D eigenvalue weighted by atomic mass is 9.80. The molecule has 0 heterocycles. The molecule has 1 aromatic carbocycles. The summed E-state index contributed by atoms with van der Waals surface area (Å²) in [6.45, 7) is 6.35. The Morgan fingerprint density at radius 3 is 2.76 bits per heavy atom. The summed E-state index contributed by atoms with van der Waals surface area (Å²) in [5, 5.41) is 0. The lowest BCUT2D eigenvalue weighted by Gasteiger charge is -2.35. The van der Waals surface area contributed by atoms with Gasteiger partial charge in [-0.15, -0.1) is 0 Å². The Labute approximate surface area is 126 Å². The number of hydrogen-bond acceptors (Lipinski definition) is 3. The monoisotopic (exact) mass is 290 g/mol. The largest absolute Gasteiger partial charge is 0.490 e. The molecule has 1 saturated carbocycles. The quantitative estimate of drug-likeness (QED) is 0.894. The molecule has 0 radical (unpaired) electrons. The van der Waals surface area contributed by atoms with E-state index in [1.807, 2.05) is 6.92 Å². The maximum absolute atomic E-state index is 11.5. The van der Waals surface area contributed by atoms with Crippen LogP contribution in [0.15, 0.2) is 18.2 Å². The molecular formula is C17H26N2O2. The number of carbonyl (C=O) groups excluding carboxylic acids is 1. The van der Waals surface area contributed by atoms with Crippen molar-refractivity contribution in [2.45, 2.75) is 64.0 Å². The van der Waals surface area contributed by atoms with E-state index in [4.69, 9.17) is 16.2 Å². The van der Waals surface area contributed by atoms with Crippen LogP contribution in [-0.4, -0.2) is 17.6 Å². The van der Waals surface area contributed by atoms with E-state index < -0.39 is 11.4 Å². The summed E-state index contributed by atoms with van der Waals surface area (Å²) in [5.74, 6) is 0.918. The molecule has 1 amide bonds. The van der Waals surface area contributed by atoms with E-state index in [1.165, 1.54) is 5.56 Å². The molecule has 0 aliphatic heterocycles. The molecule has 2 unspecified atom stereocenters. The standard InChI is InChI=1S/C17H26N2O2/c1-11(2)13-7-6-12(3)15(9-13)21-14-5-4-8-17(19,10-14)16(18)20/h6-7,9,11,14H,4-5,8,10,19H2,1-3H3,(H2,18,20). The zero-order valence-corrected chi connectivity index (χ0v) is 13.2. The number of hydrogen-bond donors (Lipinski definition) is 2. The average Bonchev–Trinajstić information content (AvgIpc) is 2.41. The van der Waals surface area contributed by atoms with Crippen LogP contribution in [0.3, 0.4) is 0 Å². The smallest absolute Gasteiger partial charge is 0.237 e. The third-order valence-electron chi connectivity index (χ3n) is 4.40. The molecule has 0 saturated heterocycles. The minimum Gasteiger partial charge on any atom is -0.490 e. The van der Waals surface area contributed by atoms with E-state index in [2.05, 4.69) is 32.0 Å². The van der Waals surface area contributed by atoms with Gasteiger partial charge in [-0.05, 0) is 49.3 Å². The SMILES string of the molecule is Cc1ccc(C(C)C)cc1OC1CCCC(N)(C(N)=O)C1. The van der Waals surface area contributed by atoms with Crippen LogP contribution in [0.1, 0.15) is 56.6 Å². The Morgan fingerprint density at radius 2 is 2.14 bits per heavy atom. The fourth-order valence-corrected chi connectivity index (χ4v) is 2.86. The molecule has 0 aromatic heterocycles.